The first-order valence-electron chi connectivity index (χ1n) is 9.33. The van der Waals surface area contributed by atoms with E-state index >= 15 is 0 Å². The van der Waals surface area contributed by atoms with Crippen molar-refractivity contribution < 1.29 is 18.6 Å². The summed E-state index contributed by atoms with van der Waals surface area (Å²) >= 11 is 0. The molecule has 1 amide bonds. The molecule has 1 aliphatic rings. The Kier molecular flexibility index (Phi) is 4.94. The fourth-order valence-corrected chi connectivity index (χ4v) is 3.58. The Balaban J connectivity index is 1.63. The summed E-state index contributed by atoms with van der Waals surface area (Å²) in [5.74, 6) is -0.163. The summed E-state index contributed by atoms with van der Waals surface area (Å²) in [6.45, 7) is 0.679. The van der Waals surface area contributed by atoms with Crippen molar-refractivity contribution in [2.24, 2.45) is 0 Å². The molecule has 0 N–H and O–H groups in total. The van der Waals surface area contributed by atoms with E-state index in [-0.39, 0.29) is 29.5 Å². The molecule has 0 atom stereocenters. The van der Waals surface area contributed by atoms with Crippen molar-refractivity contribution in [3.8, 4) is 11.3 Å². The molecule has 9 heteroatoms. The maximum absolute atomic E-state index is 13.2. The lowest BCUT2D eigenvalue weighted by Crippen LogP contribution is -2.36. The molecule has 0 radical (unpaired) electrons. The van der Waals surface area contributed by atoms with Gasteiger partial charge in [-0.1, -0.05) is 5.16 Å². The van der Waals surface area contributed by atoms with Crippen LogP contribution in [0.25, 0.3) is 11.3 Å². The molecular weight excluding hydrogens is 391 g/mol. The summed E-state index contributed by atoms with van der Waals surface area (Å²) in [6, 6.07) is 10.3. The average Bonchev–Trinajstić information content (AvgIpc) is 3.16. The van der Waals surface area contributed by atoms with Crippen LogP contribution in [0.15, 0.2) is 47.0 Å². The Morgan fingerprint density at radius 3 is 2.63 bits per heavy atom. The second kappa shape index (κ2) is 7.58. The number of nitro groups is 1. The van der Waals surface area contributed by atoms with Gasteiger partial charge in [0.2, 0.25) is 0 Å². The van der Waals surface area contributed by atoms with Gasteiger partial charge >= 0.3 is 0 Å². The van der Waals surface area contributed by atoms with Crippen molar-refractivity contribution >= 4 is 17.3 Å². The van der Waals surface area contributed by atoms with E-state index in [4.69, 9.17) is 4.52 Å². The molecule has 0 saturated carbocycles. The minimum atomic E-state index is -0.493. The number of rotatable bonds is 4. The van der Waals surface area contributed by atoms with Crippen LogP contribution >= 0.6 is 0 Å². The van der Waals surface area contributed by atoms with Gasteiger partial charge in [0, 0.05) is 49.8 Å². The Morgan fingerprint density at radius 1 is 1.23 bits per heavy atom. The smallest absolute Gasteiger partial charge is 0.293 e. The quantitative estimate of drug-likeness (QED) is 0.481. The maximum atomic E-state index is 13.2. The van der Waals surface area contributed by atoms with E-state index in [0.29, 0.717) is 30.0 Å². The van der Waals surface area contributed by atoms with Gasteiger partial charge in [0.1, 0.15) is 11.5 Å². The SMILES string of the molecule is CN(C)c1ccc(C(=O)N2CCc3noc(-c4ccc(F)cc4)c3C2)cc1[N+](=O)[O-]. The Bertz CT molecular complexity index is 1120. The molecular formula is C21H19FN4O4. The first-order valence-corrected chi connectivity index (χ1v) is 9.33. The number of aromatic nitrogens is 1. The standard InChI is InChI=1S/C21H19FN4O4/c1-24(2)18-8-5-14(11-19(18)26(28)29)21(27)25-10-9-17-16(12-25)20(30-23-17)13-3-6-15(22)7-4-13/h3-8,11H,9-10,12H2,1-2H3. The van der Waals surface area contributed by atoms with Crippen LogP contribution in [-0.2, 0) is 13.0 Å². The van der Waals surface area contributed by atoms with E-state index < -0.39 is 4.92 Å². The van der Waals surface area contributed by atoms with Crippen molar-refractivity contribution in [3.05, 3.63) is 75.2 Å². The number of nitro benzene ring substituents is 1. The number of anilines is 1. The van der Waals surface area contributed by atoms with E-state index in [9.17, 15) is 19.3 Å². The molecule has 4 rings (SSSR count). The number of amides is 1. The fraction of sp³-hybridized carbons (Fsp3) is 0.238. The van der Waals surface area contributed by atoms with Gasteiger partial charge in [-0.15, -0.1) is 0 Å². The van der Waals surface area contributed by atoms with E-state index in [2.05, 4.69) is 5.16 Å². The molecule has 0 aliphatic carbocycles. The van der Waals surface area contributed by atoms with Crippen molar-refractivity contribution in [1.29, 1.82) is 0 Å². The number of benzene rings is 2. The highest BCUT2D eigenvalue weighted by Crippen LogP contribution is 2.32. The lowest BCUT2D eigenvalue weighted by Gasteiger charge is -2.26. The van der Waals surface area contributed by atoms with Gasteiger partial charge in [0.15, 0.2) is 5.76 Å². The van der Waals surface area contributed by atoms with Gasteiger partial charge < -0.3 is 14.3 Å². The average molecular weight is 410 g/mol. The zero-order valence-corrected chi connectivity index (χ0v) is 16.5. The van der Waals surface area contributed by atoms with Crippen molar-refractivity contribution in [3.63, 3.8) is 0 Å². The van der Waals surface area contributed by atoms with Crippen LogP contribution in [0, 0.1) is 15.9 Å². The predicted octanol–water partition coefficient (Wildman–Crippen LogP) is 3.65. The lowest BCUT2D eigenvalue weighted by molar-refractivity contribution is -0.384. The summed E-state index contributed by atoms with van der Waals surface area (Å²) in [7, 11) is 3.41. The van der Waals surface area contributed by atoms with Crippen LogP contribution in [-0.4, -0.2) is 41.5 Å². The maximum Gasteiger partial charge on any atom is 0.293 e. The molecule has 30 heavy (non-hydrogen) atoms. The van der Waals surface area contributed by atoms with Crippen LogP contribution in [0.3, 0.4) is 0 Å². The monoisotopic (exact) mass is 410 g/mol. The zero-order chi connectivity index (χ0) is 21.4. The third kappa shape index (κ3) is 3.49. The Morgan fingerprint density at radius 2 is 1.97 bits per heavy atom. The van der Waals surface area contributed by atoms with E-state index in [0.717, 1.165) is 11.3 Å². The van der Waals surface area contributed by atoms with Crippen LogP contribution in [0.4, 0.5) is 15.8 Å². The molecule has 0 saturated heterocycles. The van der Waals surface area contributed by atoms with Gasteiger partial charge in [-0.3, -0.25) is 14.9 Å². The summed E-state index contributed by atoms with van der Waals surface area (Å²) in [5.41, 5.74) is 2.74. The molecule has 2 aromatic carbocycles. The van der Waals surface area contributed by atoms with Crippen LogP contribution in [0.5, 0.6) is 0 Å². The number of hydrogen-bond donors (Lipinski definition) is 0. The number of carbonyl (C=O) groups is 1. The van der Waals surface area contributed by atoms with Crippen molar-refractivity contribution in [2.45, 2.75) is 13.0 Å². The number of hydrogen-bond acceptors (Lipinski definition) is 6. The van der Waals surface area contributed by atoms with Gasteiger partial charge in [0.25, 0.3) is 11.6 Å². The van der Waals surface area contributed by atoms with Crippen LogP contribution in [0.1, 0.15) is 21.6 Å². The lowest BCUT2D eigenvalue weighted by atomic mass is 10.0. The highest BCUT2D eigenvalue weighted by molar-refractivity contribution is 5.96. The van der Waals surface area contributed by atoms with Crippen LogP contribution < -0.4 is 4.90 Å². The number of halogens is 1. The summed E-state index contributed by atoms with van der Waals surface area (Å²) in [4.78, 5) is 27.3. The number of fused-ring (bicyclic) bond motifs is 1. The predicted molar refractivity (Wildman–Crippen MR) is 108 cm³/mol. The third-order valence-corrected chi connectivity index (χ3v) is 5.13. The number of nitrogens with zero attached hydrogens (tertiary/aromatic N) is 4. The third-order valence-electron chi connectivity index (χ3n) is 5.13. The van der Waals surface area contributed by atoms with Gasteiger partial charge in [0.05, 0.1) is 17.2 Å². The number of carbonyl (C=O) groups excluding carboxylic acids is 1. The topological polar surface area (TPSA) is 92.7 Å². The second-order valence-electron chi connectivity index (χ2n) is 7.28. The van der Waals surface area contributed by atoms with Crippen molar-refractivity contribution in [1.82, 2.24) is 10.1 Å². The molecule has 3 aromatic rings. The Labute approximate surface area is 171 Å². The molecule has 0 fully saturated rings. The van der Waals surface area contributed by atoms with Gasteiger partial charge in [-0.2, -0.15) is 0 Å². The molecule has 0 bridgehead atoms. The summed E-state index contributed by atoms with van der Waals surface area (Å²) < 4.78 is 18.7. The summed E-state index contributed by atoms with van der Waals surface area (Å²) in [6.07, 6.45) is 0.504. The van der Waals surface area contributed by atoms with E-state index in [1.807, 2.05) is 0 Å². The van der Waals surface area contributed by atoms with Crippen LogP contribution in [0.2, 0.25) is 0 Å². The van der Waals surface area contributed by atoms with Gasteiger partial charge in [-0.25, -0.2) is 4.39 Å². The highest BCUT2D eigenvalue weighted by atomic mass is 19.1. The highest BCUT2D eigenvalue weighted by Gasteiger charge is 2.29. The van der Waals surface area contributed by atoms with E-state index in [1.54, 1.807) is 48.2 Å². The summed E-state index contributed by atoms with van der Waals surface area (Å²) in [5, 5.41) is 15.5. The molecule has 0 unspecified atom stereocenters. The first kappa shape index (κ1) is 19.6. The van der Waals surface area contributed by atoms with Crippen molar-refractivity contribution in [2.75, 3.05) is 25.5 Å². The normalized spacial score (nSPS) is 13.1. The largest absolute Gasteiger partial charge is 0.372 e. The molecule has 0 spiro atoms. The minimum absolute atomic E-state index is 0.125. The fourth-order valence-electron chi connectivity index (χ4n) is 3.58. The molecule has 8 nitrogen and oxygen atoms in total. The molecule has 1 aromatic heterocycles. The van der Waals surface area contributed by atoms with E-state index in [1.165, 1.54) is 18.2 Å². The van der Waals surface area contributed by atoms with Gasteiger partial charge in [-0.05, 0) is 36.4 Å². The minimum Gasteiger partial charge on any atom is -0.372 e. The Hall–Kier alpha value is -3.75. The molecule has 154 valence electrons. The first-order chi connectivity index (χ1) is 14.3. The zero-order valence-electron chi connectivity index (χ0n) is 16.5. The second-order valence-corrected chi connectivity index (χ2v) is 7.28. The molecule has 2 heterocycles. The molecule has 1 aliphatic heterocycles.